The largest absolute Gasteiger partial charge is 0.452 e. The van der Waals surface area contributed by atoms with E-state index >= 15 is 0 Å². The fourth-order valence-electron chi connectivity index (χ4n) is 3.16. The van der Waals surface area contributed by atoms with E-state index in [1.165, 1.54) is 52.8 Å². The van der Waals surface area contributed by atoms with Gasteiger partial charge < -0.3 is 10.1 Å². The Kier molecular flexibility index (Phi) is 7.17. The predicted octanol–water partition coefficient (Wildman–Crippen LogP) is 3.19. The average Bonchev–Trinajstić information content (AvgIpc) is 3.04. The summed E-state index contributed by atoms with van der Waals surface area (Å²) in [5, 5.41) is 2.48. The van der Waals surface area contributed by atoms with Gasteiger partial charge in [-0.2, -0.15) is 4.31 Å². The van der Waals surface area contributed by atoms with E-state index < -0.39 is 34.3 Å². The first-order valence-corrected chi connectivity index (χ1v) is 11.1. The van der Waals surface area contributed by atoms with Gasteiger partial charge in [0.15, 0.2) is 6.61 Å². The van der Waals surface area contributed by atoms with E-state index in [9.17, 15) is 22.4 Å². The number of amides is 1. The molecule has 1 aliphatic heterocycles. The van der Waals surface area contributed by atoms with Crippen LogP contribution in [-0.2, 0) is 19.6 Å². The van der Waals surface area contributed by atoms with Crippen LogP contribution in [-0.4, -0.2) is 44.3 Å². The van der Waals surface area contributed by atoms with Gasteiger partial charge >= 0.3 is 5.97 Å². The molecule has 0 saturated carbocycles. The number of anilines is 1. The second kappa shape index (κ2) is 9.82. The van der Waals surface area contributed by atoms with Crippen molar-refractivity contribution < 1.29 is 27.1 Å². The van der Waals surface area contributed by atoms with E-state index in [1.54, 1.807) is 0 Å². The van der Waals surface area contributed by atoms with Crippen molar-refractivity contribution in [1.82, 2.24) is 4.31 Å². The average molecular weight is 434 g/mol. The lowest BCUT2D eigenvalue weighted by atomic mass is 10.2. The van der Waals surface area contributed by atoms with Gasteiger partial charge in [-0.05, 0) is 55.3 Å². The molecule has 3 rings (SSSR count). The summed E-state index contributed by atoms with van der Waals surface area (Å²) in [6.45, 7) is 0.362. The third kappa shape index (κ3) is 5.64. The van der Waals surface area contributed by atoms with Gasteiger partial charge in [0.25, 0.3) is 5.91 Å². The molecule has 0 radical (unpaired) electrons. The highest BCUT2D eigenvalue weighted by Gasteiger charge is 2.26. The number of ether oxygens (including phenoxy) is 1. The van der Waals surface area contributed by atoms with Crippen molar-refractivity contribution in [2.75, 3.05) is 25.0 Å². The lowest BCUT2D eigenvalue weighted by molar-refractivity contribution is -0.119. The molecule has 0 unspecified atom stereocenters. The Bertz CT molecular complexity index is 1000. The molecule has 2 aromatic carbocycles. The van der Waals surface area contributed by atoms with Crippen LogP contribution in [0.3, 0.4) is 0 Å². The number of benzene rings is 2. The standard InChI is InChI=1S/C21H23FN2O5S/c22-17-8-10-18(11-9-17)23-20(25)15-29-21(26)16-6-5-7-19(14-16)30(27,28)24-12-3-1-2-4-13-24/h5-11,14H,1-4,12-13,15H2,(H,23,25). The molecular weight excluding hydrogens is 411 g/mol. The minimum Gasteiger partial charge on any atom is -0.452 e. The predicted molar refractivity (Wildman–Crippen MR) is 109 cm³/mol. The van der Waals surface area contributed by atoms with E-state index in [0.717, 1.165) is 25.7 Å². The Hall–Kier alpha value is -2.78. The van der Waals surface area contributed by atoms with Crippen LogP contribution in [0.2, 0.25) is 0 Å². The van der Waals surface area contributed by atoms with Gasteiger partial charge in [-0.25, -0.2) is 17.6 Å². The number of carbonyl (C=O) groups is 2. The lowest BCUT2D eigenvalue weighted by Crippen LogP contribution is -2.32. The number of nitrogens with one attached hydrogen (secondary N) is 1. The molecule has 1 aliphatic rings. The van der Waals surface area contributed by atoms with Crippen LogP contribution in [0, 0.1) is 5.82 Å². The summed E-state index contributed by atoms with van der Waals surface area (Å²) in [6.07, 6.45) is 3.62. The van der Waals surface area contributed by atoms with E-state index in [-0.39, 0.29) is 10.5 Å². The Morgan fingerprint density at radius 3 is 2.33 bits per heavy atom. The summed E-state index contributed by atoms with van der Waals surface area (Å²) in [5.41, 5.74) is 0.406. The van der Waals surface area contributed by atoms with Gasteiger partial charge in [0.1, 0.15) is 5.82 Å². The number of halogens is 1. The zero-order chi connectivity index (χ0) is 21.6. The van der Waals surface area contributed by atoms with Crippen molar-refractivity contribution in [3.63, 3.8) is 0 Å². The summed E-state index contributed by atoms with van der Waals surface area (Å²) in [7, 11) is -3.70. The van der Waals surface area contributed by atoms with Gasteiger partial charge in [0.05, 0.1) is 10.5 Å². The fraction of sp³-hybridized carbons (Fsp3) is 0.333. The number of rotatable bonds is 6. The summed E-state index contributed by atoms with van der Waals surface area (Å²) in [5.74, 6) is -1.84. The van der Waals surface area contributed by atoms with Crippen LogP contribution in [0.1, 0.15) is 36.0 Å². The van der Waals surface area contributed by atoms with Crippen molar-refractivity contribution in [1.29, 1.82) is 0 Å². The molecule has 1 amide bonds. The van der Waals surface area contributed by atoms with Gasteiger partial charge in [-0.3, -0.25) is 4.79 Å². The lowest BCUT2D eigenvalue weighted by Gasteiger charge is -2.20. The van der Waals surface area contributed by atoms with Crippen LogP contribution in [0.15, 0.2) is 53.4 Å². The van der Waals surface area contributed by atoms with E-state index in [1.807, 2.05) is 0 Å². The third-order valence-electron chi connectivity index (χ3n) is 4.73. The molecule has 30 heavy (non-hydrogen) atoms. The van der Waals surface area contributed by atoms with Crippen molar-refractivity contribution in [3.8, 4) is 0 Å². The molecule has 0 spiro atoms. The van der Waals surface area contributed by atoms with Gasteiger partial charge in [0.2, 0.25) is 10.0 Å². The van der Waals surface area contributed by atoms with Crippen molar-refractivity contribution in [2.45, 2.75) is 30.6 Å². The van der Waals surface area contributed by atoms with Crippen LogP contribution >= 0.6 is 0 Å². The Labute approximate surface area is 174 Å². The number of hydrogen-bond acceptors (Lipinski definition) is 5. The zero-order valence-electron chi connectivity index (χ0n) is 16.3. The number of esters is 1. The Balaban J connectivity index is 1.62. The maximum absolute atomic E-state index is 12.9. The quantitative estimate of drug-likeness (QED) is 0.705. The molecular formula is C21H23FN2O5S. The van der Waals surface area contributed by atoms with Crippen LogP contribution < -0.4 is 5.32 Å². The monoisotopic (exact) mass is 434 g/mol. The first kappa shape index (κ1) is 21.9. The van der Waals surface area contributed by atoms with E-state index in [0.29, 0.717) is 18.8 Å². The SMILES string of the molecule is O=C(COC(=O)c1cccc(S(=O)(=O)N2CCCCCC2)c1)Nc1ccc(F)cc1. The normalized spacial score (nSPS) is 15.2. The highest BCUT2D eigenvalue weighted by molar-refractivity contribution is 7.89. The Morgan fingerprint density at radius 1 is 1.00 bits per heavy atom. The number of hydrogen-bond donors (Lipinski definition) is 1. The highest BCUT2D eigenvalue weighted by atomic mass is 32.2. The molecule has 1 fully saturated rings. The molecule has 0 atom stereocenters. The Morgan fingerprint density at radius 2 is 1.67 bits per heavy atom. The molecule has 160 valence electrons. The minimum absolute atomic E-state index is 0.0228. The zero-order valence-corrected chi connectivity index (χ0v) is 17.2. The molecule has 1 saturated heterocycles. The van der Waals surface area contributed by atoms with Gasteiger partial charge in [-0.1, -0.05) is 18.9 Å². The second-order valence-corrected chi connectivity index (χ2v) is 8.92. The van der Waals surface area contributed by atoms with Crippen LogP contribution in [0.5, 0.6) is 0 Å². The summed E-state index contributed by atoms with van der Waals surface area (Å²) < 4.78 is 45.1. The van der Waals surface area contributed by atoms with Gasteiger partial charge in [-0.15, -0.1) is 0 Å². The molecule has 1 heterocycles. The number of sulfonamides is 1. The topological polar surface area (TPSA) is 92.8 Å². The maximum Gasteiger partial charge on any atom is 0.338 e. The minimum atomic E-state index is -3.70. The van der Waals surface area contributed by atoms with Crippen molar-refractivity contribution >= 4 is 27.6 Å². The van der Waals surface area contributed by atoms with Crippen LogP contribution in [0.4, 0.5) is 10.1 Å². The molecule has 1 N–H and O–H groups in total. The van der Waals surface area contributed by atoms with Crippen molar-refractivity contribution in [3.05, 3.63) is 59.9 Å². The number of carbonyl (C=O) groups excluding carboxylic acids is 2. The third-order valence-corrected chi connectivity index (χ3v) is 6.63. The summed E-state index contributed by atoms with van der Waals surface area (Å²) >= 11 is 0. The van der Waals surface area contributed by atoms with Crippen LogP contribution in [0.25, 0.3) is 0 Å². The molecule has 0 bridgehead atoms. The maximum atomic E-state index is 12.9. The molecule has 2 aromatic rings. The highest BCUT2D eigenvalue weighted by Crippen LogP contribution is 2.21. The second-order valence-electron chi connectivity index (χ2n) is 6.98. The first-order valence-electron chi connectivity index (χ1n) is 9.69. The smallest absolute Gasteiger partial charge is 0.338 e. The molecule has 0 aromatic heterocycles. The molecule has 0 aliphatic carbocycles. The molecule has 9 heteroatoms. The van der Waals surface area contributed by atoms with Gasteiger partial charge in [0, 0.05) is 18.8 Å². The molecule has 7 nitrogen and oxygen atoms in total. The van der Waals surface area contributed by atoms with E-state index in [4.69, 9.17) is 4.74 Å². The van der Waals surface area contributed by atoms with Crippen molar-refractivity contribution in [2.24, 2.45) is 0 Å². The summed E-state index contributed by atoms with van der Waals surface area (Å²) in [6, 6.07) is 10.8. The number of nitrogens with zero attached hydrogens (tertiary/aromatic N) is 1. The van der Waals surface area contributed by atoms with E-state index in [2.05, 4.69) is 5.32 Å². The summed E-state index contributed by atoms with van der Waals surface area (Å²) in [4.78, 5) is 24.2. The first-order chi connectivity index (χ1) is 14.4. The fourth-order valence-corrected chi connectivity index (χ4v) is 4.72.